The molecule has 1 aromatic carbocycles. The normalized spacial score (nSPS) is 11.6. The summed E-state index contributed by atoms with van der Waals surface area (Å²) in [6, 6.07) is 7.70. The van der Waals surface area contributed by atoms with Gasteiger partial charge in [0.25, 0.3) is 5.91 Å². The van der Waals surface area contributed by atoms with Crippen LogP contribution in [0, 0.1) is 0 Å². The number of rotatable bonds is 6. The van der Waals surface area contributed by atoms with E-state index in [1.54, 1.807) is 10.3 Å². The van der Waals surface area contributed by atoms with Crippen molar-refractivity contribution in [3.05, 3.63) is 45.9 Å². The van der Waals surface area contributed by atoms with Gasteiger partial charge < -0.3 is 15.5 Å². The summed E-state index contributed by atoms with van der Waals surface area (Å²) >= 11 is 1.38. The predicted octanol–water partition coefficient (Wildman–Crippen LogP) is 5.24. The minimum absolute atomic E-state index is 0.0133. The van der Waals surface area contributed by atoms with Crippen molar-refractivity contribution in [2.75, 3.05) is 5.32 Å². The number of nitrogens with one attached hydrogen (secondary N) is 2. The molecule has 158 valence electrons. The van der Waals surface area contributed by atoms with Gasteiger partial charge in [0.15, 0.2) is 0 Å². The standard InChI is InChI=1S/C22H32N4O2S/c1-14(2)16-8-10-17(11-9-16)23-21(28)26(15(3)4)12-19-24-18(13-29-19)20(27)25-22(5,6)7/h8-11,13-15H,12H2,1-7H3,(H,23,28)(H,25,27). The maximum Gasteiger partial charge on any atom is 0.322 e. The van der Waals surface area contributed by atoms with Gasteiger partial charge in [0.2, 0.25) is 0 Å². The fraction of sp³-hybridized carbons (Fsp3) is 0.500. The number of anilines is 1. The molecule has 1 heterocycles. The second-order valence-electron chi connectivity index (χ2n) is 8.76. The predicted molar refractivity (Wildman–Crippen MR) is 120 cm³/mol. The molecule has 0 fully saturated rings. The highest BCUT2D eigenvalue weighted by atomic mass is 32.1. The van der Waals surface area contributed by atoms with Crippen LogP contribution >= 0.6 is 11.3 Å². The van der Waals surface area contributed by atoms with E-state index in [0.717, 1.165) is 10.7 Å². The summed E-state index contributed by atoms with van der Waals surface area (Å²) in [5.74, 6) is 0.243. The van der Waals surface area contributed by atoms with Gasteiger partial charge in [0.05, 0.1) is 6.54 Å². The molecule has 0 aliphatic heterocycles. The lowest BCUT2D eigenvalue weighted by Crippen LogP contribution is -2.41. The van der Waals surface area contributed by atoms with E-state index in [9.17, 15) is 9.59 Å². The average Bonchev–Trinajstić information content (AvgIpc) is 3.07. The summed E-state index contributed by atoms with van der Waals surface area (Å²) < 4.78 is 0. The first-order valence-electron chi connectivity index (χ1n) is 9.90. The molecule has 0 saturated heterocycles. The summed E-state index contributed by atoms with van der Waals surface area (Å²) in [5.41, 5.74) is 2.05. The molecular formula is C22H32N4O2S. The van der Waals surface area contributed by atoms with Gasteiger partial charge >= 0.3 is 6.03 Å². The Balaban J connectivity index is 2.06. The van der Waals surface area contributed by atoms with Crippen molar-refractivity contribution >= 4 is 29.0 Å². The SMILES string of the molecule is CC(C)c1ccc(NC(=O)N(Cc2nc(C(=O)NC(C)(C)C)cs2)C(C)C)cc1. The van der Waals surface area contributed by atoms with Crippen LogP contribution in [0.2, 0.25) is 0 Å². The van der Waals surface area contributed by atoms with E-state index in [2.05, 4.69) is 29.5 Å². The van der Waals surface area contributed by atoms with E-state index in [-0.39, 0.29) is 23.5 Å². The Morgan fingerprint density at radius 3 is 2.24 bits per heavy atom. The number of hydrogen-bond acceptors (Lipinski definition) is 4. The Hall–Kier alpha value is -2.41. The van der Waals surface area contributed by atoms with Crippen LogP contribution < -0.4 is 10.6 Å². The Bertz CT molecular complexity index is 835. The third-order valence-electron chi connectivity index (χ3n) is 4.29. The first-order chi connectivity index (χ1) is 13.5. The van der Waals surface area contributed by atoms with Gasteiger partial charge in [-0.2, -0.15) is 0 Å². The summed E-state index contributed by atoms with van der Waals surface area (Å²) in [5, 5.41) is 8.32. The number of urea groups is 1. The summed E-state index contributed by atoms with van der Waals surface area (Å²) in [4.78, 5) is 31.2. The maximum absolute atomic E-state index is 12.8. The number of amides is 3. The molecule has 0 atom stereocenters. The third-order valence-corrected chi connectivity index (χ3v) is 5.12. The van der Waals surface area contributed by atoms with Gasteiger partial charge in [-0.1, -0.05) is 26.0 Å². The topological polar surface area (TPSA) is 74.3 Å². The van der Waals surface area contributed by atoms with Crippen molar-refractivity contribution in [2.45, 2.75) is 72.5 Å². The molecule has 0 aliphatic rings. The van der Waals surface area contributed by atoms with Crippen molar-refractivity contribution in [1.82, 2.24) is 15.2 Å². The zero-order valence-electron chi connectivity index (χ0n) is 18.4. The fourth-order valence-electron chi connectivity index (χ4n) is 2.67. The molecule has 0 spiro atoms. The fourth-order valence-corrected chi connectivity index (χ4v) is 3.45. The van der Waals surface area contributed by atoms with Crippen LogP contribution in [-0.2, 0) is 6.54 Å². The molecular weight excluding hydrogens is 384 g/mol. The molecule has 0 radical (unpaired) electrons. The zero-order valence-corrected chi connectivity index (χ0v) is 19.2. The van der Waals surface area contributed by atoms with E-state index in [0.29, 0.717) is 18.2 Å². The molecule has 1 aromatic heterocycles. The van der Waals surface area contributed by atoms with Gasteiger partial charge in [0.1, 0.15) is 10.7 Å². The lowest BCUT2D eigenvalue weighted by Gasteiger charge is -2.26. The van der Waals surface area contributed by atoms with Crippen molar-refractivity contribution in [1.29, 1.82) is 0 Å². The molecule has 29 heavy (non-hydrogen) atoms. The van der Waals surface area contributed by atoms with Crippen LogP contribution in [0.25, 0.3) is 0 Å². The first-order valence-corrected chi connectivity index (χ1v) is 10.8. The molecule has 0 aliphatic carbocycles. The molecule has 0 bridgehead atoms. The second-order valence-corrected chi connectivity index (χ2v) is 9.70. The molecule has 2 aromatic rings. The molecule has 2 N–H and O–H groups in total. The second kappa shape index (κ2) is 9.39. The van der Waals surface area contributed by atoms with E-state index in [1.807, 2.05) is 58.9 Å². The minimum Gasteiger partial charge on any atom is -0.346 e. The monoisotopic (exact) mass is 416 g/mol. The number of carbonyl (C=O) groups is 2. The van der Waals surface area contributed by atoms with Gasteiger partial charge in [-0.05, 0) is 58.2 Å². The van der Waals surface area contributed by atoms with Crippen LogP contribution in [0.4, 0.5) is 10.5 Å². The molecule has 7 heteroatoms. The van der Waals surface area contributed by atoms with E-state index < -0.39 is 0 Å². The summed E-state index contributed by atoms with van der Waals surface area (Å²) in [7, 11) is 0. The van der Waals surface area contributed by atoms with E-state index >= 15 is 0 Å². The summed E-state index contributed by atoms with van der Waals surface area (Å²) in [6.45, 7) is 14.3. The molecule has 3 amide bonds. The minimum atomic E-state index is -0.324. The largest absolute Gasteiger partial charge is 0.346 e. The van der Waals surface area contributed by atoms with Crippen molar-refractivity contribution in [3.63, 3.8) is 0 Å². The first kappa shape index (κ1) is 22.9. The highest BCUT2D eigenvalue weighted by Gasteiger charge is 2.21. The van der Waals surface area contributed by atoms with Crippen molar-refractivity contribution < 1.29 is 9.59 Å². The Morgan fingerprint density at radius 2 is 1.72 bits per heavy atom. The molecule has 0 unspecified atom stereocenters. The van der Waals surface area contributed by atoms with Crippen LogP contribution in [0.3, 0.4) is 0 Å². The van der Waals surface area contributed by atoms with Gasteiger partial charge in [-0.3, -0.25) is 4.79 Å². The number of carbonyl (C=O) groups excluding carboxylic acids is 2. The number of nitrogens with zero attached hydrogens (tertiary/aromatic N) is 2. The number of aromatic nitrogens is 1. The third kappa shape index (κ3) is 6.85. The smallest absolute Gasteiger partial charge is 0.322 e. The maximum atomic E-state index is 12.8. The van der Waals surface area contributed by atoms with E-state index in [1.165, 1.54) is 16.9 Å². The van der Waals surface area contributed by atoms with Crippen LogP contribution in [0.1, 0.15) is 75.4 Å². The van der Waals surface area contributed by atoms with Crippen LogP contribution in [-0.4, -0.2) is 33.4 Å². The van der Waals surface area contributed by atoms with Crippen LogP contribution in [0.15, 0.2) is 29.6 Å². The van der Waals surface area contributed by atoms with E-state index in [4.69, 9.17) is 0 Å². The number of benzene rings is 1. The lowest BCUT2D eigenvalue weighted by atomic mass is 10.0. The highest BCUT2D eigenvalue weighted by molar-refractivity contribution is 7.09. The average molecular weight is 417 g/mol. The highest BCUT2D eigenvalue weighted by Crippen LogP contribution is 2.19. The van der Waals surface area contributed by atoms with Gasteiger partial charge in [0, 0.05) is 22.6 Å². The van der Waals surface area contributed by atoms with Crippen LogP contribution in [0.5, 0.6) is 0 Å². The Labute approximate surface area is 177 Å². The number of hydrogen-bond donors (Lipinski definition) is 2. The van der Waals surface area contributed by atoms with Gasteiger partial charge in [-0.25, -0.2) is 9.78 Å². The Kier molecular flexibility index (Phi) is 7.41. The quantitative estimate of drug-likeness (QED) is 0.676. The molecule has 0 saturated carbocycles. The zero-order chi connectivity index (χ0) is 21.8. The summed E-state index contributed by atoms with van der Waals surface area (Å²) in [6.07, 6.45) is 0. The molecule has 6 nitrogen and oxygen atoms in total. The Morgan fingerprint density at radius 1 is 1.10 bits per heavy atom. The number of thiazole rings is 1. The lowest BCUT2D eigenvalue weighted by molar-refractivity contribution is 0.0915. The van der Waals surface area contributed by atoms with Crippen molar-refractivity contribution in [3.8, 4) is 0 Å². The molecule has 2 rings (SSSR count). The van der Waals surface area contributed by atoms with Crippen molar-refractivity contribution in [2.24, 2.45) is 0 Å². The van der Waals surface area contributed by atoms with Gasteiger partial charge in [-0.15, -0.1) is 11.3 Å².